The largest absolute Gasteiger partial charge is 0.352 e. The molecule has 2 rings (SSSR count). The Balaban J connectivity index is 2.03. The first kappa shape index (κ1) is 21.0. The van der Waals surface area contributed by atoms with Crippen molar-refractivity contribution in [1.82, 2.24) is 5.32 Å². The molecule has 1 N–H and O–H groups in total. The zero-order chi connectivity index (χ0) is 19.9. The van der Waals surface area contributed by atoms with Gasteiger partial charge in [0.25, 0.3) is 15.9 Å². The molecule has 0 saturated heterocycles. The van der Waals surface area contributed by atoms with Gasteiger partial charge in [0.2, 0.25) is 0 Å². The minimum Gasteiger partial charge on any atom is -0.352 e. The maximum atomic E-state index is 12.7. The van der Waals surface area contributed by atoms with Gasteiger partial charge >= 0.3 is 0 Å². The number of unbranched alkanes of at least 4 members (excludes halogenated alkanes) is 3. The Morgan fingerprint density at radius 1 is 0.963 bits per heavy atom. The third kappa shape index (κ3) is 5.57. The van der Waals surface area contributed by atoms with E-state index in [1.807, 2.05) is 6.92 Å². The quantitative estimate of drug-likeness (QED) is 0.657. The van der Waals surface area contributed by atoms with Crippen LogP contribution < -0.4 is 9.62 Å². The fourth-order valence-corrected chi connectivity index (χ4v) is 3.88. The number of aryl methyl sites for hydroxylation is 1. The molecule has 27 heavy (non-hydrogen) atoms. The molecule has 1 amide bonds. The Bertz CT molecular complexity index is 844. The van der Waals surface area contributed by atoms with Crippen LogP contribution in [0.2, 0.25) is 0 Å². The number of carbonyl (C=O) groups is 1. The highest BCUT2D eigenvalue weighted by Crippen LogP contribution is 2.22. The van der Waals surface area contributed by atoms with E-state index in [0.717, 1.165) is 24.8 Å². The molecule has 2 aromatic carbocycles. The van der Waals surface area contributed by atoms with Gasteiger partial charge in [-0.05, 0) is 49.7 Å². The molecule has 6 heteroatoms. The summed E-state index contributed by atoms with van der Waals surface area (Å²) in [6, 6.07) is 13.3. The first-order chi connectivity index (χ1) is 12.9. The van der Waals surface area contributed by atoms with Crippen LogP contribution in [0, 0.1) is 6.92 Å². The third-order valence-electron chi connectivity index (χ3n) is 4.49. The first-order valence-corrected chi connectivity index (χ1v) is 10.7. The van der Waals surface area contributed by atoms with Gasteiger partial charge in [-0.3, -0.25) is 9.10 Å². The summed E-state index contributed by atoms with van der Waals surface area (Å²) >= 11 is 0. The molecule has 146 valence electrons. The molecule has 0 fully saturated rings. The van der Waals surface area contributed by atoms with Crippen molar-refractivity contribution in [3.63, 3.8) is 0 Å². The molecule has 0 radical (unpaired) electrons. The zero-order valence-corrected chi connectivity index (χ0v) is 17.1. The van der Waals surface area contributed by atoms with Crippen LogP contribution in [-0.4, -0.2) is 27.9 Å². The molecule has 0 saturated carbocycles. The zero-order valence-electron chi connectivity index (χ0n) is 16.2. The number of carbonyl (C=O) groups excluding carboxylic acids is 1. The Morgan fingerprint density at radius 3 is 2.19 bits per heavy atom. The molecule has 0 aromatic heterocycles. The van der Waals surface area contributed by atoms with Crippen LogP contribution in [0.5, 0.6) is 0 Å². The molecule has 0 atom stereocenters. The van der Waals surface area contributed by atoms with Crippen molar-refractivity contribution in [3.05, 3.63) is 59.7 Å². The van der Waals surface area contributed by atoms with Gasteiger partial charge < -0.3 is 5.32 Å². The number of nitrogens with zero attached hydrogens (tertiary/aromatic N) is 1. The number of nitrogens with one attached hydrogen (secondary N) is 1. The van der Waals surface area contributed by atoms with Gasteiger partial charge in [0.05, 0.1) is 10.6 Å². The maximum Gasteiger partial charge on any atom is 0.264 e. The van der Waals surface area contributed by atoms with Gasteiger partial charge in [0.1, 0.15) is 0 Å². The molecule has 0 unspecified atom stereocenters. The second-order valence-electron chi connectivity index (χ2n) is 6.65. The number of amides is 1. The van der Waals surface area contributed by atoms with Gasteiger partial charge in [-0.1, -0.05) is 43.9 Å². The predicted octanol–water partition coefficient (Wildman–Crippen LogP) is 4.13. The van der Waals surface area contributed by atoms with Gasteiger partial charge in [0.15, 0.2) is 0 Å². The number of rotatable bonds is 9. The Hall–Kier alpha value is -2.34. The number of hydrogen-bond donors (Lipinski definition) is 1. The summed E-state index contributed by atoms with van der Waals surface area (Å²) in [4.78, 5) is 12.4. The maximum absolute atomic E-state index is 12.7. The van der Waals surface area contributed by atoms with E-state index in [1.54, 1.807) is 48.5 Å². The Kier molecular flexibility index (Phi) is 7.42. The summed E-state index contributed by atoms with van der Waals surface area (Å²) in [7, 11) is -2.12. The summed E-state index contributed by atoms with van der Waals surface area (Å²) in [5.41, 5.74) is 2.03. The van der Waals surface area contributed by atoms with Crippen LogP contribution in [0.15, 0.2) is 53.4 Å². The van der Waals surface area contributed by atoms with E-state index in [1.165, 1.54) is 17.8 Å². The highest BCUT2D eigenvalue weighted by Gasteiger charge is 2.21. The number of sulfonamides is 1. The van der Waals surface area contributed by atoms with Crippen molar-refractivity contribution in [1.29, 1.82) is 0 Å². The van der Waals surface area contributed by atoms with E-state index in [2.05, 4.69) is 12.2 Å². The van der Waals surface area contributed by atoms with Crippen molar-refractivity contribution in [3.8, 4) is 0 Å². The van der Waals surface area contributed by atoms with E-state index in [-0.39, 0.29) is 10.8 Å². The van der Waals surface area contributed by atoms with Crippen LogP contribution in [0.25, 0.3) is 0 Å². The topological polar surface area (TPSA) is 66.5 Å². The average Bonchev–Trinajstić information content (AvgIpc) is 2.67. The summed E-state index contributed by atoms with van der Waals surface area (Å²) in [6.45, 7) is 4.71. The molecule has 0 spiro atoms. The second kappa shape index (κ2) is 9.55. The predicted molar refractivity (Wildman–Crippen MR) is 110 cm³/mol. The highest BCUT2D eigenvalue weighted by molar-refractivity contribution is 7.92. The molecular weight excluding hydrogens is 360 g/mol. The second-order valence-corrected chi connectivity index (χ2v) is 8.62. The lowest BCUT2D eigenvalue weighted by Crippen LogP contribution is -2.27. The smallest absolute Gasteiger partial charge is 0.264 e. The standard InChI is InChI=1S/C21H28N2O3S/c1-4-5-6-7-16-22-21(24)18-10-12-19(13-11-18)23(3)27(25,26)20-14-8-17(2)9-15-20/h8-15H,4-7,16H2,1-3H3,(H,22,24). The van der Waals surface area contributed by atoms with E-state index in [9.17, 15) is 13.2 Å². The van der Waals surface area contributed by atoms with E-state index in [0.29, 0.717) is 17.8 Å². The Morgan fingerprint density at radius 2 is 1.59 bits per heavy atom. The van der Waals surface area contributed by atoms with Crippen molar-refractivity contribution in [2.75, 3.05) is 17.9 Å². The molecule has 0 heterocycles. The fraction of sp³-hybridized carbons (Fsp3) is 0.381. The van der Waals surface area contributed by atoms with Gasteiger partial charge in [0, 0.05) is 19.2 Å². The lowest BCUT2D eigenvalue weighted by atomic mass is 10.2. The number of anilines is 1. The van der Waals surface area contributed by atoms with E-state index >= 15 is 0 Å². The molecule has 5 nitrogen and oxygen atoms in total. The van der Waals surface area contributed by atoms with Gasteiger partial charge in [-0.15, -0.1) is 0 Å². The minimum absolute atomic E-state index is 0.137. The molecule has 0 bridgehead atoms. The van der Waals surface area contributed by atoms with Crippen molar-refractivity contribution in [2.45, 2.75) is 44.4 Å². The molecule has 0 aliphatic carbocycles. The molecular formula is C21H28N2O3S. The molecule has 2 aromatic rings. The third-order valence-corrected chi connectivity index (χ3v) is 6.29. The van der Waals surface area contributed by atoms with Crippen molar-refractivity contribution < 1.29 is 13.2 Å². The Labute approximate surface area is 162 Å². The van der Waals surface area contributed by atoms with Crippen LogP contribution in [0.1, 0.15) is 48.5 Å². The van der Waals surface area contributed by atoms with Crippen molar-refractivity contribution in [2.24, 2.45) is 0 Å². The fourth-order valence-electron chi connectivity index (χ4n) is 2.69. The average molecular weight is 389 g/mol. The van der Waals surface area contributed by atoms with Crippen LogP contribution in [0.3, 0.4) is 0 Å². The van der Waals surface area contributed by atoms with E-state index in [4.69, 9.17) is 0 Å². The summed E-state index contributed by atoms with van der Waals surface area (Å²) in [6.07, 6.45) is 4.41. The number of hydrogen-bond acceptors (Lipinski definition) is 3. The number of benzene rings is 2. The SMILES string of the molecule is CCCCCCNC(=O)c1ccc(N(C)S(=O)(=O)c2ccc(C)cc2)cc1. The lowest BCUT2D eigenvalue weighted by Gasteiger charge is -2.20. The van der Waals surface area contributed by atoms with Gasteiger partial charge in [-0.25, -0.2) is 8.42 Å². The summed E-state index contributed by atoms with van der Waals surface area (Å²) in [5.74, 6) is -0.137. The van der Waals surface area contributed by atoms with E-state index < -0.39 is 10.0 Å². The molecule has 0 aliphatic heterocycles. The van der Waals surface area contributed by atoms with Crippen LogP contribution in [-0.2, 0) is 10.0 Å². The van der Waals surface area contributed by atoms with Crippen LogP contribution in [0.4, 0.5) is 5.69 Å². The van der Waals surface area contributed by atoms with Crippen molar-refractivity contribution >= 4 is 21.6 Å². The normalized spacial score (nSPS) is 11.2. The monoisotopic (exact) mass is 388 g/mol. The first-order valence-electron chi connectivity index (χ1n) is 9.30. The summed E-state index contributed by atoms with van der Waals surface area (Å²) in [5, 5.41) is 2.90. The molecule has 0 aliphatic rings. The lowest BCUT2D eigenvalue weighted by molar-refractivity contribution is 0.0953. The van der Waals surface area contributed by atoms with Crippen LogP contribution >= 0.6 is 0 Å². The van der Waals surface area contributed by atoms with Gasteiger partial charge in [-0.2, -0.15) is 0 Å². The minimum atomic E-state index is -3.63. The summed E-state index contributed by atoms with van der Waals surface area (Å²) < 4.78 is 26.7. The highest BCUT2D eigenvalue weighted by atomic mass is 32.2.